The zero-order valence-electron chi connectivity index (χ0n) is 41.4. The molecule has 0 amide bonds. The Bertz CT molecular complexity index is 1480. The van der Waals surface area contributed by atoms with Crippen molar-refractivity contribution in [2.45, 2.75) is 221 Å². The van der Waals surface area contributed by atoms with E-state index in [0.717, 1.165) is 30.6 Å². The minimum Gasteiger partial charge on any atom is -0.361 e. The Hall–Kier alpha value is -0.790. The molecule has 0 saturated carbocycles. The molecule has 0 aromatic heterocycles. The first-order valence-electron chi connectivity index (χ1n) is 25.1. The van der Waals surface area contributed by atoms with Gasteiger partial charge in [0.15, 0.2) is 25.2 Å². The molecule has 0 aliphatic carbocycles. The molecule has 0 spiro atoms. The third-order valence-corrected chi connectivity index (χ3v) is 18.6. The highest BCUT2D eigenvalue weighted by Crippen LogP contribution is 2.46. The molecule has 62 heavy (non-hydrogen) atoms. The molecule has 5 saturated heterocycles. The van der Waals surface area contributed by atoms with Crippen LogP contribution in [0.3, 0.4) is 0 Å². The van der Waals surface area contributed by atoms with Crippen LogP contribution in [0.4, 0.5) is 0 Å². The highest BCUT2D eigenvalue weighted by atomic mass is 32.2. The molecule has 1 aromatic carbocycles. The Morgan fingerprint density at radius 2 is 0.790 bits per heavy atom. The molecule has 5 heterocycles. The zero-order chi connectivity index (χ0) is 45.2. The van der Waals surface area contributed by atoms with Crippen molar-refractivity contribution < 1.29 is 42.6 Å². The van der Waals surface area contributed by atoms with E-state index in [-0.39, 0.29) is 102 Å². The molecule has 0 radical (unpaired) electrons. The van der Waals surface area contributed by atoms with Gasteiger partial charge < -0.3 is 42.6 Å². The van der Waals surface area contributed by atoms with Gasteiger partial charge in [0.2, 0.25) is 0 Å². The molecular formula is C52H88O9S. The van der Waals surface area contributed by atoms with Crippen LogP contribution in [-0.2, 0) is 42.6 Å². The molecule has 5 fully saturated rings. The van der Waals surface area contributed by atoms with E-state index in [9.17, 15) is 0 Å². The summed E-state index contributed by atoms with van der Waals surface area (Å²) < 4.78 is 63.0. The fourth-order valence-electron chi connectivity index (χ4n) is 11.4. The average molecular weight is 889 g/mol. The summed E-state index contributed by atoms with van der Waals surface area (Å²) in [4.78, 5) is 1.16. The van der Waals surface area contributed by atoms with E-state index in [1.165, 1.54) is 0 Å². The summed E-state index contributed by atoms with van der Waals surface area (Å²) in [6.45, 7) is 36.8. The van der Waals surface area contributed by atoms with Crippen molar-refractivity contribution in [2.24, 2.45) is 71.0 Å². The maximum atomic E-state index is 7.40. The lowest BCUT2D eigenvalue weighted by Crippen LogP contribution is -2.59. The van der Waals surface area contributed by atoms with E-state index in [0.29, 0.717) is 42.1 Å². The number of hydrogen-bond acceptors (Lipinski definition) is 10. The smallest absolute Gasteiger partial charge is 0.184 e. The summed E-state index contributed by atoms with van der Waals surface area (Å²) in [5, 5.41) is 0. The van der Waals surface area contributed by atoms with Crippen LogP contribution in [-0.4, -0.2) is 86.0 Å². The number of rotatable bonds is 15. The first kappa shape index (κ1) is 50.6. The Kier molecular flexibility index (Phi) is 18.2. The van der Waals surface area contributed by atoms with Gasteiger partial charge in [-0.1, -0.05) is 141 Å². The molecule has 0 bridgehead atoms. The Labute approximate surface area is 381 Å². The van der Waals surface area contributed by atoms with E-state index >= 15 is 0 Å². The summed E-state index contributed by atoms with van der Waals surface area (Å²) >= 11 is 1.75. The van der Waals surface area contributed by atoms with E-state index in [2.05, 4.69) is 141 Å². The second kappa shape index (κ2) is 22.3. The van der Waals surface area contributed by atoms with Crippen molar-refractivity contribution >= 4 is 11.8 Å². The standard InChI is InChI=1S/C52H88O9S/c1-17-40-29(7)27(5)35(13)48(54-40)60-46-33(11)31(9)42(19-3)56-50(46)53-26-44-37(15)45(38(16)52(58-44)62-39-24-22-21-23-25-39)59-51-47(34(12)32(10)43(20-4)57-51)61-49-36(14)28(6)30(8)41(18-2)55-49/h21-25,27-38,40-52H,17-20,26H2,1-16H3/t27-,28?,29-,30-,31-,32-,33-,34?,35?,36?,37+,38?,40?,41-,42?,43-,44?,45-,46?,47?,48+,49+,50-,51+,52+/m0/s1. The highest BCUT2D eigenvalue weighted by Gasteiger charge is 2.52. The van der Waals surface area contributed by atoms with Crippen LogP contribution in [0, 0.1) is 71.0 Å². The normalized spacial score (nSPS) is 49.1. The first-order chi connectivity index (χ1) is 29.5. The first-order valence-corrected chi connectivity index (χ1v) is 26.0. The van der Waals surface area contributed by atoms with Gasteiger partial charge in [0.1, 0.15) is 17.6 Å². The van der Waals surface area contributed by atoms with E-state index in [1.807, 2.05) is 0 Å². The molecule has 6 rings (SSSR count). The van der Waals surface area contributed by atoms with Gasteiger partial charge in [-0.2, -0.15) is 0 Å². The highest BCUT2D eigenvalue weighted by molar-refractivity contribution is 7.99. The van der Waals surface area contributed by atoms with Crippen LogP contribution in [0.25, 0.3) is 0 Å². The maximum absolute atomic E-state index is 7.40. The average Bonchev–Trinajstić information content (AvgIpc) is 3.27. The third kappa shape index (κ3) is 10.8. The molecule has 0 N–H and O–H groups in total. The van der Waals surface area contributed by atoms with Crippen molar-refractivity contribution in [1.82, 2.24) is 0 Å². The predicted molar refractivity (Wildman–Crippen MR) is 247 cm³/mol. The van der Waals surface area contributed by atoms with Crippen molar-refractivity contribution in [3.8, 4) is 0 Å². The van der Waals surface area contributed by atoms with Crippen molar-refractivity contribution in [2.75, 3.05) is 6.61 Å². The lowest BCUT2D eigenvalue weighted by molar-refractivity contribution is -0.356. The molecule has 5 aliphatic heterocycles. The van der Waals surface area contributed by atoms with Crippen molar-refractivity contribution in [1.29, 1.82) is 0 Å². The van der Waals surface area contributed by atoms with Gasteiger partial charge in [-0.3, -0.25) is 0 Å². The largest absolute Gasteiger partial charge is 0.361 e. The Morgan fingerprint density at radius 1 is 0.387 bits per heavy atom. The second-order valence-electron chi connectivity index (χ2n) is 20.7. The summed E-state index contributed by atoms with van der Waals surface area (Å²) in [5.41, 5.74) is -0.185. The summed E-state index contributed by atoms with van der Waals surface area (Å²) in [5.74, 6) is 3.42. The van der Waals surface area contributed by atoms with Crippen LogP contribution >= 0.6 is 11.8 Å². The number of ether oxygens (including phenoxy) is 9. The van der Waals surface area contributed by atoms with Crippen molar-refractivity contribution in [3.63, 3.8) is 0 Å². The third-order valence-electron chi connectivity index (χ3n) is 17.3. The van der Waals surface area contributed by atoms with Crippen LogP contribution in [0.2, 0.25) is 0 Å². The van der Waals surface area contributed by atoms with Gasteiger partial charge >= 0.3 is 0 Å². The number of hydrogen-bond donors (Lipinski definition) is 0. The van der Waals surface area contributed by atoms with Crippen LogP contribution in [0.1, 0.15) is 136 Å². The van der Waals surface area contributed by atoms with E-state index < -0.39 is 12.6 Å². The summed E-state index contributed by atoms with van der Waals surface area (Å²) in [6, 6.07) is 10.6. The number of benzene rings is 1. The maximum Gasteiger partial charge on any atom is 0.184 e. The fraction of sp³-hybridized carbons (Fsp3) is 0.885. The summed E-state index contributed by atoms with van der Waals surface area (Å²) in [7, 11) is 0. The molecular weight excluding hydrogens is 801 g/mol. The number of thioether (sulfide) groups is 1. The second-order valence-corrected chi connectivity index (χ2v) is 21.9. The van der Waals surface area contributed by atoms with Crippen LogP contribution < -0.4 is 0 Å². The lowest BCUT2D eigenvalue weighted by atomic mass is 9.78. The Morgan fingerprint density at radius 3 is 1.26 bits per heavy atom. The monoisotopic (exact) mass is 889 g/mol. The molecule has 356 valence electrons. The summed E-state index contributed by atoms with van der Waals surface area (Å²) in [6.07, 6.45) is 1.37. The van der Waals surface area contributed by atoms with Gasteiger partial charge in [-0.15, -0.1) is 0 Å². The van der Waals surface area contributed by atoms with Gasteiger partial charge in [0.05, 0.1) is 43.2 Å². The Balaban J connectivity index is 1.26. The molecule has 1 aromatic rings. The van der Waals surface area contributed by atoms with Crippen LogP contribution in [0.15, 0.2) is 35.2 Å². The molecule has 5 aliphatic rings. The van der Waals surface area contributed by atoms with Gasteiger partial charge in [0, 0.05) is 28.6 Å². The minimum atomic E-state index is -0.562. The lowest BCUT2D eigenvalue weighted by Gasteiger charge is -2.51. The molecule has 10 heteroatoms. The van der Waals surface area contributed by atoms with Gasteiger partial charge in [-0.25, -0.2) is 0 Å². The molecule has 25 atom stereocenters. The predicted octanol–water partition coefficient (Wildman–Crippen LogP) is 11.8. The van der Waals surface area contributed by atoms with E-state index in [1.54, 1.807) is 11.8 Å². The SMILES string of the molecule is CCC1O[C@H](OC2[C@@H](OCC3O[C@H](Sc4ccccc4)C(C)[C@@H](O[C@H]4O[C@@H](CC)[C@@H](C)C(C)C4O[C@H]4O[C@@H](CC)[C@@H](C)C(C)C4C)[C@@H]3C)OC(CC)[C@@H](C)[C@@H]2C)C(C)[C@@H](C)[C@@H]1C. The van der Waals surface area contributed by atoms with E-state index in [4.69, 9.17) is 42.6 Å². The molecule has 10 unspecified atom stereocenters. The molecule has 9 nitrogen and oxygen atoms in total. The topological polar surface area (TPSA) is 83.1 Å². The van der Waals surface area contributed by atoms with Gasteiger partial charge in [0.25, 0.3) is 0 Å². The van der Waals surface area contributed by atoms with Gasteiger partial charge in [-0.05, 0) is 85.2 Å². The van der Waals surface area contributed by atoms with Crippen LogP contribution in [0.5, 0.6) is 0 Å². The zero-order valence-corrected chi connectivity index (χ0v) is 42.3. The fourth-order valence-corrected chi connectivity index (χ4v) is 12.6. The minimum absolute atomic E-state index is 0.0255. The van der Waals surface area contributed by atoms with Crippen molar-refractivity contribution in [3.05, 3.63) is 30.3 Å². The quantitative estimate of drug-likeness (QED) is 0.170.